The predicted molar refractivity (Wildman–Crippen MR) is 104 cm³/mol. The summed E-state index contributed by atoms with van der Waals surface area (Å²) in [5, 5.41) is 13.2. The molecule has 2 heterocycles. The summed E-state index contributed by atoms with van der Waals surface area (Å²) < 4.78 is 5.04. The van der Waals surface area contributed by atoms with Crippen molar-refractivity contribution in [1.29, 1.82) is 0 Å². The molecule has 0 aromatic heterocycles. The summed E-state index contributed by atoms with van der Waals surface area (Å²) >= 11 is 0. The number of benzene rings is 2. The summed E-state index contributed by atoms with van der Waals surface area (Å²) in [6, 6.07) is 13.4. The average molecular weight is 380 g/mol. The summed E-state index contributed by atoms with van der Waals surface area (Å²) in [4.78, 5) is 25.9. The van der Waals surface area contributed by atoms with Crippen molar-refractivity contribution in [3.05, 3.63) is 64.7 Å². The second-order valence-electron chi connectivity index (χ2n) is 7.43. The van der Waals surface area contributed by atoms with Gasteiger partial charge in [0, 0.05) is 37.3 Å². The summed E-state index contributed by atoms with van der Waals surface area (Å²) in [6.45, 7) is 2.80. The van der Waals surface area contributed by atoms with Gasteiger partial charge in [0.25, 0.3) is 5.91 Å². The van der Waals surface area contributed by atoms with Gasteiger partial charge in [-0.1, -0.05) is 24.3 Å². The SMILES string of the molecule is O=C1Cc2cc(C(=O)NCCC(O)CN3CCc4ccccc4C3)ccc2O1. The van der Waals surface area contributed by atoms with Crippen molar-refractivity contribution in [2.24, 2.45) is 0 Å². The van der Waals surface area contributed by atoms with E-state index in [1.165, 1.54) is 11.1 Å². The van der Waals surface area contributed by atoms with Gasteiger partial charge in [0.05, 0.1) is 12.5 Å². The quantitative estimate of drug-likeness (QED) is 0.589. The highest BCUT2D eigenvalue weighted by molar-refractivity contribution is 5.95. The van der Waals surface area contributed by atoms with E-state index >= 15 is 0 Å². The largest absolute Gasteiger partial charge is 0.426 e. The number of carbonyl (C=O) groups excluding carboxylic acids is 2. The van der Waals surface area contributed by atoms with Gasteiger partial charge in [-0.15, -0.1) is 0 Å². The van der Waals surface area contributed by atoms with E-state index in [1.807, 2.05) is 0 Å². The maximum atomic E-state index is 12.3. The zero-order chi connectivity index (χ0) is 19.5. The van der Waals surface area contributed by atoms with E-state index in [1.54, 1.807) is 18.2 Å². The summed E-state index contributed by atoms with van der Waals surface area (Å²) in [5.74, 6) is 0.0253. The Balaban J connectivity index is 1.22. The van der Waals surface area contributed by atoms with Gasteiger partial charge in [0.1, 0.15) is 5.75 Å². The Hall–Kier alpha value is -2.70. The van der Waals surface area contributed by atoms with Crippen LogP contribution >= 0.6 is 0 Å². The first-order valence-electron chi connectivity index (χ1n) is 9.67. The number of aliphatic hydroxyl groups is 1. The molecule has 4 rings (SSSR count). The Morgan fingerprint density at radius 3 is 2.86 bits per heavy atom. The molecule has 6 heteroatoms. The number of aliphatic hydroxyl groups excluding tert-OH is 1. The average Bonchev–Trinajstić information content (AvgIpc) is 3.07. The second kappa shape index (κ2) is 8.12. The van der Waals surface area contributed by atoms with E-state index in [-0.39, 0.29) is 18.3 Å². The minimum absolute atomic E-state index is 0.203. The van der Waals surface area contributed by atoms with Crippen LogP contribution in [0.4, 0.5) is 0 Å². The van der Waals surface area contributed by atoms with Gasteiger partial charge in [-0.2, -0.15) is 0 Å². The Labute approximate surface area is 164 Å². The lowest BCUT2D eigenvalue weighted by molar-refractivity contribution is -0.131. The van der Waals surface area contributed by atoms with Crippen LogP contribution in [0.1, 0.15) is 33.5 Å². The fourth-order valence-corrected chi connectivity index (χ4v) is 3.83. The molecule has 0 saturated carbocycles. The topological polar surface area (TPSA) is 78.9 Å². The van der Waals surface area contributed by atoms with Crippen molar-refractivity contribution < 1.29 is 19.4 Å². The number of fused-ring (bicyclic) bond motifs is 2. The maximum absolute atomic E-state index is 12.3. The maximum Gasteiger partial charge on any atom is 0.315 e. The highest BCUT2D eigenvalue weighted by Gasteiger charge is 2.22. The lowest BCUT2D eigenvalue weighted by Crippen LogP contribution is -2.38. The lowest BCUT2D eigenvalue weighted by atomic mass is 9.99. The number of ether oxygens (including phenoxy) is 1. The van der Waals surface area contributed by atoms with Crippen LogP contribution in [0, 0.1) is 0 Å². The summed E-state index contributed by atoms with van der Waals surface area (Å²) in [7, 11) is 0. The summed E-state index contributed by atoms with van der Waals surface area (Å²) in [6.07, 6.45) is 1.21. The highest BCUT2D eigenvalue weighted by atomic mass is 16.5. The normalized spacial score (nSPS) is 16.8. The Morgan fingerprint density at radius 2 is 2.00 bits per heavy atom. The minimum Gasteiger partial charge on any atom is -0.426 e. The first-order chi connectivity index (χ1) is 13.6. The molecule has 0 spiro atoms. The van der Waals surface area contributed by atoms with Gasteiger partial charge in [-0.25, -0.2) is 0 Å². The second-order valence-corrected chi connectivity index (χ2v) is 7.43. The van der Waals surface area contributed by atoms with E-state index in [4.69, 9.17) is 4.74 Å². The van der Waals surface area contributed by atoms with Crippen molar-refractivity contribution in [3.63, 3.8) is 0 Å². The monoisotopic (exact) mass is 380 g/mol. The van der Waals surface area contributed by atoms with Crippen molar-refractivity contribution in [2.75, 3.05) is 19.6 Å². The van der Waals surface area contributed by atoms with Crippen molar-refractivity contribution in [2.45, 2.75) is 31.9 Å². The van der Waals surface area contributed by atoms with E-state index in [0.717, 1.165) is 25.1 Å². The van der Waals surface area contributed by atoms with E-state index in [2.05, 4.69) is 34.5 Å². The molecule has 6 nitrogen and oxygen atoms in total. The molecule has 0 aliphatic carbocycles. The van der Waals surface area contributed by atoms with Gasteiger partial charge in [-0.3, -0.25) is 14.5 Å². The third-order valence-corrected chi connectivity index (χ3v) is 5.32. The smallest absolute Gasteiger partial charge is 0.315 e. The standard InChI is InChI=1S/C22H24N2O4/c25-19(14-24-10-8-15-3-1-2-4-17(15)13-24)7-9-23-22(27)16-5-6-20-18(11-16)12-21(26)28-20/h1-6,11,19,25H,7-10,12-14H2,(H,23,27). The Kier molecular flexibility index (Phi) is 5.41. The lowest BCUT2D eigenvalue weighted by Gasteiger charge is -2.30. The van der Waals surface area contributed by atoms with Crippen molar-refractivity contribution in [1.82, 2.24) is 10.2 Å². The molecule has 2 aliphatic heterocycles. The van der Waals surface area contributed by atoms with E-state index in [0.29, 0.717) is 30.8 Å². The van der Waals surface area contributed by atoms with Crippen LogP contribution in [-0.2, 0) is 24.2 Å². The molecule has 2 aromatic carbocycles. The van der Waals surface area contributed by atoms with Gasteiger partial charge in [0.15, 0.2) is 0 Å². The Bertz CT molecular complexity index is 896. The number of rotatable bonds is 6. The third-order valence-electron chi connectivity index (χ3n) is 5.32. The molecule has 0 radical (unpaired) electrons. The van der Waals surface area contributed by atoms with Crippen LogP contribution in [0.25, 0.3) is 0 Å². The number of hydrogen-bond donors (Lipinski definition) is 2. The van der Waals surface area contributed by atoms with Crippen LogP contribution in [0.3, 0.4) is 0 Å². The number of nitrogens with zero attached hydrogens (tertiary/aromatic N) is 1. The van der Waals surface area contributed by atoms with Gasteiger partial charge >= 0.3 is 5.97 Å². The van der Waals surface area contributed by atoms with Gasteiger partial charge in [0.2, 0.25) is 0 Å². The molecule has 2 aromatic rings. The fraction of sp³-hybridized carbons (Fsp3) is 0.364. The van der Waals surface area contributed by atoms with E-state index < -0.39 is 6.10 Å². The molecule has 1 amide bonds. The molecule has 2 N–H and O–H groups in total. The molecule has 0 bridgehead atoms. The zero-order valence-electron chi connectivity index (χ0n) is 15.7. The zero-order valence-corrected chi connectivity index (χ0v) is 15.7. The first kappa shape index (κ1) is 18.7. The highest BCUT2D eigenvalue weighted by Crippen LogP contribution is 2.26. The molecular formula is C22H24N2O4. The molecule has 2 aliphatic rings. The van der Waals surface area contributed by atoms with E-state index in [9.17, 15) is 14.7 Å². The molecule has 0 saturated heterocycles. The third kappa shape index (κ3) is 4.24. The van der Waals surface area contributed by atoms with Crippen LogP contribution in [0.15, 0.2) is 42.5 Å². The minimum atomic E-state index is -0.489. The number of amides is 1. The molecule has 1 unspecified atom stereocenters. The molecule has 0 fully saturated rings. The first-order valence-corrected chi connectivity index (χ1v) is 9.67. The van der Waals surface area contributed by atoms with Gasteiger partial charge < -0.3 is 15.2 Å². The summed E-state index contributed by atoms with van der Waals surface area (Å²) in [5.41, 5.74) is 3.96. The fourth-order valence-electron chi connectivity index (χ4n) is 3.83. The van der Waals surface area contributed by atoms with Crippen LogP contribution in [-0.4, -0.2) is 47.6 Å². The van der Waals surface area contributed by atoms with Crippen LogP contribution < -0.4 is 10.1 Å². The predicted octanol–water partition coefficient (Wildman–Crippen LogP) is 1.69. The van der Waals surface area contributed by atoms with Crippen LogP contribution in [0.5, 0.6) is 5.75 Å². The molecule has 146 valence electrons. The van der Waals surface area contributed by atoms with Crippen molar-refractivity contribution in [3.8, 4) is 5.75 Å². The van der Waals surface area contributed by atoms with Crippen molar-refractivity contribution >= 4 is 11.9 Å². The number of nitrogens with one attached hydrogen (secondary N) is 1. The Morgan fingerprint density at radius 1 is 1.18 bits per heavy atom. The molecule has 28 heavy (non-hydrogen) atoms. The number of carbonyl (C=O) groups is 2. The molecule has 1 atom stereocenters. The molecular weight excluding hydrogens is 356 g/mol. The van der Waals surface area contributed by atoms with Gasteiger partial charge in [-0.05, 0) is 42.2 Å². The number of hydrogen-bond acceptors (Lipinski definition) is 5. The van der Waals surface area contributed by atoms with Crippen LogP contribution in [0.2, 0.25) is 0 Å². The number of esters is 1. The number of β-amino-alcohol motifs (C(OH)–C–C–N with tert-alkyl or cyclic N) is 1.